The average molecular weight is 403 g/mol. The van der Waals surface area contributed by atoms with E-state index in [1.165, 1.54) is 0 Å². The summed E-state index contributed by atoms with van der Waals surface area (Å²) in [6.07, 6.45) is 2.00. The third-order valence-electron chi connectivity index (χ3n) is 5.72. The predicted octanol–water partition coefficient (Wildman–Crippen LogP) is 4.93. The summed E-state index contributed by atoms with van der Waals surface area (Å²) < 4.78 is 0. The molecule has 0 bridgehead atoms. The lowest BCUT2D eigenvalue weighted by atomic mass is 9.85. The van der Waals surface area contributed by atoms with E-state index in [-0.39, 0.29) is 11.1 Å². The van der Waals surface area contributed by atoms with E-state index in [0.29, 0.717) is 38.4 Å². The highest BCUT2D eigenvalue weighted by atomic mass is 14.3. The van der Waals surface area contributed by atoms with Crippen LogP contribution in [0, 0.1) is 51.2 Å². The summed E-state index contributed by atoms with van der Waals surface area (Å²) in [5.74, 6) is 0.875. The lowest BCUT2D eigenvalue weighted by Gasteiger charge is -2.19. The summed E-state index contributed by atoms with van der Waals surface area (Å²) in [5.41, 5.74) is 1.18. The highest BCUT2D eigenvalue weighted by Gasteiger charge is 2.16. The second kappa shape index (κ2) is 9.13. The number of hydrogen-bond acceptors (Lipinski definition) is 4. The Hall–Kier alpha value is -4.12. The van der Waals surface area contributed by atoms with Crippen molar-refractivity contribution in [1.29, 1.82) is 21.0 Å². The van der Waals surface area contributed by atoms with Crippen molar-refractivity contribution in [3.05, 3.63) is 58.5 Å². The van der Waals surface area contributed by atoms with E-state index in [2.05, 4.69) is 20.8 Å². The predicted molar refractivity (Wildman–Crippen MR) is 122 cm³/mol. The van der Waals surface area contributed by atoms with E-state index in [0.717, 1.165) is 23.8 Å². The maximum atomic E-state index is 9.69. The number of hydrogen-bond donors (Lipinski definition) is 0. The number of fused-ring (bicyclic) bond motifs is 2. The van der Waals surface area contributed by atoms with Crippen molar-refractivity contribution >= 4 is 32.7 Å². The maximum Gasteiger partial charge on any atom is 0.138 e. The molecule has 0 aliphatic rings. The van der Waals surface area contributed by atoms with E-state index < -0.39 is 0 Å². The third-order valence-corrected chi connectivity index (χ3v) is 5.72. The largest absolute Gasteiger partial charge is 0.192 e. The lowest BCUT2D eigenvalue weighted by Crippen LogP contribution is -2.19. The zero-order valence-electron chi connectivity index (χ0n) is 17.9. The third kappa shape index (κ3) is 3.85. The molecule has 0 aromatic heterocycles. The summed E-state index contributed by atoms with van der Waals surface area (Å²) in [6.45, 7) is 6.54. The Labute approximate surface area is 182 Å². The van der Waals surface area contributed by atoms with Gasteiger partial charge in [0.05, 0.1) is 0 Å². The highest BCUT2D eigenvalue weighted by Crippen LogP contribution is 2.29. The molecule has 4 nitrogen and oxygen atoms in total. The second-order valence-corrected chi connectivity index (χ2v) is 8.03. The van der Waals surface area contributed by atoms with E-state index in [1.54, 1.807) is 0 Å². The topological polar surface area (TPSA) is 95.2 Å². The smallest absolute Gasteiger partial charge is 0.138 e. The second-order valence-electron chi connectivity index (χ2n) is 8.03. The molecule has 3 rings (SSSR count). The standard InChI is InChI=1S/C27H22N4/c1-4-18(11-17(2)3)19-9-10-24-25(12-19)27(21(15-30)16-31)23-8-6-5-7-22(23)26(24)20(13-28)14-29/h5-10,12,17-18H,4,11H2,1-3H3. The van der Waals surface area contributed by atoms with E-state index in [1.807, 2.05) is 66.7 Å². The molecule has 0 fully saturated rings. The normalized spacial score (nSPS) is 11.4. The molecule has 0 spiro atoms. The first-order chi connectivity index (χ1) is 15.0. The van der Waals surface area contributed by atoms with Gasteiger partial charge in [-0.05, 0) is 51.8 Å². The number of nitriles is 4. The van der Waals surface area contributed by atoms with Crippen LogP contribution < -0.4 is 10.4 Å². The Bertz CT molecular complexity index is 1430. The zero-order chi connectivity index (χ0) is 22.5. The maximum absolute atomic E-state index is 9.69. The van der Waals surface area contributed by atoms with E-state index in [4.69, 9.17) is 0 Å². The molecular weight excluding hydrogens is 380 g/mol. The van der Waals surface area contributed by atoms with Gasteiger partial charge in [0.15, 0.2) is 0 Å². The van der Waals surface area contributed by atoms with Crippen LogP contribution in [0.15, 0.2) is 42.5 Å². The molecule has 31 heavy (non-hydrogen) atoms. The minimum atomic E-state index is 0.0187. The minimum Gasteiger partial charge on any atom is -0.192 e. The zero-order valence-corrected chi connectivity index (χ0v) is 17.9. The van der Waals surface area contributed by atoms with Crippen molar-refractivity contribution in [3.8, 4) is 24.3 Å². The molecule has 1 unspecified atom stereocenters. The van der Waals surface area contributed by atoms with Gasteiger partial charge in [0, 0.05) is 10.4 Å². The fourth-order valence-electron chi connectivity index (χ4n) is 4.37. The summed E-state index contributed by atoms with van der Waals surface area (Å²) in [5, 5.41) is 42.6. The van der Waals surface area contributed by atoms with Gasteiger partial charge in [0.1, 0.15) is 35.4 Å². The van der Waals surface area contributed by atoms with Crippen LogP contribution in [-0.4, -0.2) is 0 Å². The van der Waals surface area contributed by atoms with Crippen LogP contribution in [-0.2, 0) is 0 Å². The molecule has 3 aromatic carbocycles. The Kier molecular flexibility index (Phi) is 6.36. The number of rotatable bonds is 4. The van der Waals surface area contributed by atoms with Crippen LogP contribution in [0.4, 0.5) is 0 Å². The summed E-state index contributed by atoms with van der Waals surface area (Å²) in [7, 11) is 0. The van der Waals surface area contributed by atoms with Gasteiger partial charge in [0.25, 0.3) is 0 Å². The molecule has 0 aliphatic heterocycles. The van der Waals surface area contributed by atoms with Gasteiger partial charge in [-0.15, -0.1) is 0 Å². The highest BCUT2D eigenvalue weighted by molar-refractivity contribution is 6.05. The van der Waals surface area contributed by atoms with Crippen LogP contribution in [0.3, 0.4) is 0 Å². The van der Waals surface area contributed by atoms with Crippen molar-refractivity contribution in [3.63, 3.8) is 0 Å². The summed E-state index contributed by atoms with van der Waals surface area (Å²) >= 11 is 0. The van der Waals surface area contributed by atoms with Crippen LogP contribution >= 0.6 is 0 Å². The van der Waals surface area contributed by atoms with Gasteiger partial charge in [-0.1, -0.05) is 63.2 Å². The van der Waals surface area contributed by atoms with Gasteiger partial charge >= 0.3 is 0 Å². The van der Waals surface area contributed by atoms with Gasteiger partial charge in [0.2, 0.25) is 0 Å². The lowest BCUT2D eigenvalue weighted by molar-refractivity contribution is 0.489. The molecular formula is C27H22N4. The molecule has 3 aromatic rings. The van der Waals surface area contributed by atoms with Crippen molar-refractivity contribution in [2.75, 3.05) is 0 Å². The molecule has 1 atom stereocenters. The molecule has 0 saturated heterocycles. The van der Waals surface area contributed by atoms with Crippen LogP contribution in [0.1, 0.15) is 45.1 Å². The molecule has 4 heteroatoms. The fourth-order valence-corrected chi connectivity index (χ4v) is 4.37. The van der Waals surface area contributed by atoms with Crippen molar-refractivity contribution in [2.45, 2.75) is 39.5 Å². The molecule has 0 amide bonds. The van der Waals surface area contributed by atoms with Crippen molar-refractivity contribution in [1.82, 2.24) is 0 Å². The van der Waals surface area contributed by atoms with Gasteiger partial charge in [-0.25, -0.2) is 0 Å². The SMILES string of the molecule is CCC(CC(C)C)c1ccc2c(=C(C#N)C#N)c3ccccc3c(=C(C#N)C#N)c2c1. The van der Waals surface area contributed by atoms with E-state index >= 15 is 0 Å². The monoisotopic (exact) mass is 402 g/mol. The van der Waals surface area contributed by atoms with Gasteiger partial charge < -0.3 is 0 Å². The Balaban J connectivity index is 2.69. The molecule has 150 valence electrons. The van der Waals surface area contributed by atoms with Gasteiger partial charge in [-0.3, -0.25) is 0 Å². The van der Waals surface area contributed by atoms with Crippen LogP contribution in [0.5, 0.6) is 0 Å². The first-order valence-corrected chi connectivity index (χ1v) is 10.3. The summed E-state index contributed by atoms with van der Waals surface area (Å²) in [6, 6.07) is 21.5. The Morgan fingerprint density at radius 2 is 1.23 bits per heavy atom. The van der Waals surface area contributed by atoms with Crippen molar-refractivity contribution in [2.24, 2.45) is 5.92 Å². The first kappa shape index (κ1) is 21.6. The van der Waals surface area contributed by atoms with Crippen LogP contribution in [0.2, 0.25) is 0 Å². The van der Waals surface area contributed by atoms with Crippen LogP contribution in [0.25, 0.3) is 32.7 Å². The average Bonchev–Trinajstić information content (AvgIpc) is 2.79. The minimum absolute atomic E-state index is 0.0187. The number of benzene rings is 3. The molecule has 0 heterocycles. The van der Waals surface area contributed by atoms with E-state index in [9.17, 15) is 21.0 Å². The van der Waals surface area contributed by atoms with Crippen molar-refractivity contribution < 1.29 is 0 Å². The first-order valence-electron chi connectivity index (χ1n) is 10.3. The van der Waals surface area contributed by atoms with Gasteiger partial charge in [-0.2, -0.15) is 21.0 Å². The molecule has 0 N–H and O–H groups in total. The molecule has 0 saturated carbocycles. The molecule has 0 radical (unpaired) electrons. The fraction of sp³-hybridized carbons (Fsp3) is 0.259. The summed E-state index contributed by atoms with van der Waals surface area (Å²) in [4.78, 5) is 0. The molecule has 0 aliphatic carbocycles. The Morgan fingerprint density at radius 1 is 0.742 bits per heavy atom. The Morgan fingerprint density at radius 3 is 1.68 bits per heavy atom. The number of nitrogens with zero attached hydrogens (tertiary/aromatic N) is 4. The quantitative estimate of drug-likeness (QED) is 0.578.